The molecule has 0 amide bonds. The summed E-state index contributed by atoms with van der Waals surface area (Å²) in [7, 11) is 3.40. The van der Waals surface area contributed by atoms with Gasteiger partial charge in [-0.25, -0.2) is 0 Å². The molecule has 0 fully saturated rings. The summed E-state index contributed by atoms with van der Waals surface area (Å²) in [5.74, 6) is 1.77. The first kappa shape index (κ1) is 16.9. The number of para-hydroxylation sites is 1. The molecule has 0 saturated carbocycles. The summed E-state index contributed by atoms with van der Waals surface area (Å²) in [5, 5.41) is 0. The van der Waals surface area contributed by atoms with Crippen molar-refractivity contribution in [1.29, 1.82) is 0 Å². The van der Waals surface area contributed by atoms with E-state index < -0.39 is 0 Å². The molecule has 128 valence electrons. The number of hydrogen-bond donors (Lipinski definition) is 0. The van der Waals surface area contributed by atoms with E-state index in [1.165, 1.54) is 5.56 Å². The summed E-state index contributed by atoms with van der Waals surface area (Å²) in [6.45, 7) is 1.59. The van der Waals surface area contributed by atoms with Gasteiger partial charge in [-0.1, -0.05) is 48.5 Å². The van der Waals surface area contributed by atoms with Crippen molar-refractivity contribution in [3.63, 3.8) is 0 Å². The van der Waals surface area contributed by atoms with Crippen LogP contribution in [-0.4, -0.2) is 14.2 Å². The smallest absolute Gasteiger partial charge is 0.123 e. The first-order valence-electron chi connectivity index (χ1n) is 8.35. The van der Waals surface area contributed by atoms with Gasteiger partial charge in [0.1, 0.15) is 11.5 Å². The van der Waals surface area contributed by atoms with Crippen LogP contribution in [0, 0.1) is 0 Å². The van der Waals surface area contributed by atoms with Gasteiger partial charge in [-0.2, -0.15) is 0 Å². The van der Waals surface area contributed by atoms with Crippen LogP contribution in [0.4, 0.5) is 5.69 Å². The molecule has 3 aromatic carbocycles. The molecule has 0 aromatic heterocycles. The standard InChI is InChI=1S/C22H23NO2/c1-24-21-14-12-20(13-15-21)23(16-18-8-4-3-5-9-18)17-19-10-6-7-11-22(19)25-2/h3-15H,16-17H2,1-2H3. The molecule has 0 spiro atoms. The Kier molecular flexibility index (Phi) is 5.57. The monoisotopic (exact) mass is 333 g/mol. The fourth-order valence-electron chi connectivity index (χ4n) is 2.87. The van der Waals surface area contributed by atoms with Crippen molar-refractivity contribution in [3.05, 3.63) is 90.0 Å². The molecule has 3 aromatic rings. The van der Waals surface area contributed by atoms with Crippen molar-refractivity contribution >= 4 is 5.69 Å². The quantitative estimate of drug-likeness (QED) is 0.613. The van der Waals surface area contributed by atoms with E-state index in [1.807, 2.05) is 36.4 Å². The Morgan fingerprint density at radius 3 is 2.04 bits per heavy atom. The zero-order valence-corrected chi connectivity index (χ0v) is 14.7. The van der Waals surface area contributed by atoms with Gasteiger partial charge in [0.2, 0.25) is 0 Å². The minimum absolute atomic E-state index is 0.769. The number of benzene rings is 3. The predicted molar refractivity (Wildman–Crippen MR) is 102 cm³/mol. The van der Waals surface area contributed by atoms with E-state index in [4.69, 9.17) is 9.47 Å². The highest BCUT2D eigenvalue weighted by atomic mass is 16.5. The lowest BCUT2D eigenvalue weighted by Crippen LogP contribution is -2.22. The summed E-state index contributed by atoms with van der Waals surface area (Å²) in [6, 6.07) is 26.8. The van der Waals surface area contributed by atoms with Crippen LogP contribution < -0.4 is 14.4 Å². The summed E-state index contributed by atoms with van der Waals surface area (Å²) >= 11 is 0. The molecular formula is C22H23NO2. The number of nitrogens with zero attached hydrogens (tertiary/aromatic N) is 1. The maximum absolute atomic E-state index is 5.52. The minimum Gasteiger partial charge on any atom is -0.497 e. The third kappa shape index (κ3) is 4.32. The highest BCUT2D eigenvalue weighted by Gasteiger charge is 2.11. The van der Waals surface area contributed by atoms with Crippen LogP contribution in [-0.2, 0) is 13.1 Å². The second-order valence-corrected chi connectivity index (χ2v) is 5.85. The lowest BCUT2D eigenvalue weighted by atomic mass is 10.1. The van der Waals surface area contributed by atoms with Gasteiger partial charge in [0.25, 0.3) is 0 Å². The SMILES string of the molecule is COc1ccc(N(Cc2ccccc2)Cc2ccccc2OC)cc1. The van der Waals surface area contributed by atoms with Crippen LogP contribution in [0.15, 0.2) is 78.9 Å². The second kappa shape index (κ2) is 8.25. The predicted octanol–water partition coefficient (Wildman–Crippen LogP) is 4.91. The maximum Gasteiger partial charge on any atom is 0.123 e. The van der Waals surface area contributed by atoms with Crippen molar-refractivity contribution in [2.45, 2.75) is 13.1 Å². The van der Waals surface area contributed by atoms with Crippen LogP contribution in [0.5, 0.6) is 11.5 Å². The molecule has 0 unspecified atom stereocenters. The normalized spacial score (nSPS) is 10.3. The van der Waals surface area contributed by atoms with Gasteiger partial charge < -0.3 is 14.4 Å². The van der Waals surface area contributed by atoms with E-state index >= 15 is 0 Å². The number of hydrogen-bond acceptors (Lipinski definition) is 3. The van der Waals surface area contributed by atoms with E-state index in [0.29, 0.717) is 0 Å². The average molecular weight is 333 g/mol. The molecule has 0 aliphatic heterocycles. The molecule has 3 nitrogen and oxygen atoms in total. The molecule has 0 aliphatic carbocycles. The zero-order valence-electron chi connectivity index (χ0n) is 14.7. The minimum atomic E-state index is 0.769. The Bertz CT molecular complexity index is 785. The van der Waals surface area contributed by atoms with Crippen molar-refractivity contribution in [2.24, 2.45) is 0 Å². The third-order valence-electron chi connectivity index (χ3n) is 4.21. The Morgan fingerprint density at radius 1 is 0.680 bits per heavy atom. The molecule has 0 heterocycles. The van der Waals surface area contributed by atoms with Crippen LogP contribution in [0.1, 0.15) is 11.1 Å². The van der Waals surface area contributed by atoms with Gasteiger partial charge in [-0.15, -0.1) is 0 Å². The van der Waals surface area contributed by atoms with Gasteiger partial charge in [-0.05, 0) is 35.9 Å². The van der Waals surface area contributed by atoms with Crippen molar-refractivity contribution in [1.82, 2.24) is 0 Å². The molecule has 3 heteroatoms. The highest BCUT2D eigenvalue weighted by Crippen LogP contribution is 2.26. The van der Waals surface area contributed by atoms with Gasteiger partial charge in [0.15, 0.2) is 0 Å². The van der Waals surface area contributed by atoms with Gasteiger partial charge >= 0.3 is 0 Å². The topological polar surface area (TPSA) is 21.7 Å². The first-order valence-corrected chi connectivity index (χ1v) is 8.35. The van der Waals surface area contributed by atoms with Crippen LogP contribution >= 0.6 is 0 Å². The highest BCUT2D eigenvalue weighted by molar-refractivity contribution is 5.51. The fraction of sp³-hybridized carbons (Fsp3) is 0.182. The summed E-state index contributed by atoms with van der Waals surface area (Å²) in [5.41, 5.74) is 3.58. The summed E-state index contributed by atoms with van der Waals surface area (Å²) in [4.78, 5) is 2.34. The van der Waals surface area contributed by atoms with Crippen molar-refractivity contribution < 1.29 is 9.47 Å². The van der Waals surface area contributed by atoms with E-state index in [0.717, 1.165) is 35.8 Å². The molecular weight excluding hydrogens is 310 g/mol. The number of anilines is 1. The molecule has 0 N–H and O–H groups in total. The van der Waals surface area contributed by atoms with Gasteiger partial charge in [-0.3, -0.25) is 0 Å². The Balaban J connectivity index is 1.90. The third-order valence-corrected chi connectivity index (χ3v) is 4.21. The van der Waals surface area contributed by atoms with Crippen molar-refractivity contribution in [2.75, 3.05) is 19.1 Å². The Morgan fingerprint density at radius 2 is 1.36 bits per heavy atom. The number of ether oxygens (including phenoxy) is 2. The van der Waals surface area contributed by atoms with E-state index in [-0.39, 0.29) is 0 Å². The van der Waals surface area contributed by atoms with Crippen LogP contribution in [0.25, 0.3) is 0 Å². The molecule has 0 saturated heterocycles. The fourth-order valence-corrected chi connectivity index (χ4v) is 2.87. The van der Waals surface area contributed by atoms with E-state index in [9.17, 15) is 0 Å². The van der Waals surface area contributed by atoms with Gasteiger partial charge in [0, 0.05) is 24.3 Å². The van der Waals surface area contributed by atoms with Gasteiger partial charge in [0.05, 0.1) is 14.2 Å². The van der Waals surface area contributed by atoms with Crippen LogP contribution in [0.3, 0.4) is 0 Å². The average Bonchev–Trinajstić information content (AvgIpc) is 2.69. The molecule has 0 aliphatic rings. The summed E-state index contributed by atoms with van der Waals surface area (Å²) in [6.07, 6.45) is 0. The lowest BCUT2D eigenvalue weighted by Gasteiger charge is -2.26. The van der Waals surface area contributed by atoms with E-state index in [2.05, 4.69) is 47.4 Å². The molecule has 3 rings (SSSR count). The zero-order chi connectivity index (χ0) is 17.5. The van der Waals surface area contributed by atoms with Crippen molar-refractivity contribution in [3.8, 4) is 11.5 Å². The summed E-state index contributed by atoms with van der Waals surface area (Å²) < 4.78 is 10.8. The first-order chi connectivity index (χ1) is 12.3. The van der Waals surface area contributed by atoms with E-state index in [1.54, 1.807) is 14.2 Å². The molecule has 25 heavy (non-hydrogen) atoms. The largest absolute Gasteiger partial charge is 0.497 e. The molecule has 0 atom stereocenters. The maximum atomic E-state index is 5.52. The molecule has 0 bridgehead atoms. The Labute approximate surface area is 149 Å². The Hall–Kier alpha value is -2.94. The number of methoxy groups -OCH3 is 2. The van der Waals surface area contributed by atoms with Crippen LogP contribution in [0.2, 0.25) is 0 Å². The number of rotatable bonds is 7. The lowest BCUT2D eigenvalue weighted by molar-refractivity contribution is 0.409. The molecule has 0 radical (unpaired) electrons. The second-order valence-electron chi connectivity index (χ2n) is 5.85.